The lowest BCUT2D eigenvalue weighted by Gasteiger charge is -2.00. The van der Waals surface area contributed by atoms with Crippen LogP contribution in [-0.2, 0) is 5.33 Å². The van der Waals surface area contributed by atoms with E-state index in [1.165, 1.54) is 5.56 Å². The normalized spacial score (nSPS) is 10.8. The van der Waals surface area contributed by atoms with Crippen LogP contribution in [-0.4, -0.2) is 12.1 Å². The van der Waals surface area contributed by atoms with Gasteiger partial charge in [-0.1, -0.05) is 28.1 Å². The molecule has 1 heterocycles. The highest BCUT2D eigenvalue weighted by atomic mass is 79.9. The van der Waals surface area contributed by atoms with Crippen molar-refractivity contribution in [2.45, 2.75) is 5.33 Å². The Morgan fingerprint density at radius 3 is 2.89 bits per heavy atom. The molecule has 0 amide bonds. The van der Waals surface area contributed by atoms with Crippen molar-refractivity contribution in [3.63, 3.8) is 0 Å². The minimum Gasteiger partial charge on any atom is -0.497 e. The van der Waals surface area contributed by atoms with Crippen LogP contribution in [0.5, 0.6) is 5.75 Å². The number of aromatic nitrogens is 1. The molecule has 0 saturated heterocycles. The molecular weight excluding hydrogens is 306 g/mol. The third kappa shape index (κ3) is 2.36. The summed E-state index contributed by atoms with van der Waals surface area (Å²) in [7, 11) is 1.65. The van der Waals surface area contributed by atoms with Crippen LogP contribution in [0.2, 0.25) is 0 Å². The second kappa shape index (κ2) is 5.05. The number of alkyl halides is 1. The Balaban J connectivity index is 2.09. The Morgan fingerprint density at radius 2 is 2.11 bits per heavy atom. The second-order valence-corrected chi connectivity index (χ2v) is 4.75. The molecule has 0 bridgehead atoms. The van der Waals surface area contributed by atoms with E-state index in [1.54, 1.807) is 7.11 Å². The quantitative estimate of drug-likeness (QED) is 0.672. The van der Waals surface area contributed by atoms with Crippen molar-refractivity contribution < 1.29 is 9.15 Å². The first kappa shape index (κ1) is 12.2. The molecule has 0 unspecified atom stereocenters. The Labute approximate surface area is 119 Å². The zero-order valence-corrected chi connectivity index (χ0v) is 12.0. The van der Waals surface area contributed by atoms with Crippen LogP contribution >= 0.6 is 15.9 Å². The van der Waals surface area contributed by atoms with Crippen molar-refractivity contribution in [1.82, 2.24) is 4.98 Å². The van der Waals surface area contributed by atoms with Gasteiger partial charge < -0.3 is 9.15 Å². The molecule has 2 aromatic carbocycles. The highest BCUT2D eigenvalue weighted by molar-refractivity contribution is 9.08. The number of oxazole rings is 1. The van der Waals surface area contributed by atoms with E-state index in [-0.39, 0.29) is 0 Å². The van der Waals surface area contributed by atoms with Crippen molar-refractivity contribution in [3.05, 3.63) is 48.0 Å². The topological polar surface area (TPSA) is 35.3 Å². The molecule has 0 N–H and O–H groups in total. The molecule has 0 saturated carbocycles. The van der Waals surface area contributed by atoms with E-state index < -0.39 is 0 Å². The second-order valence-electron chi connectivity index (χ2n) is 4.19. The summed E-state index contributed by atoms with van der Waals surface area (Å²) in [5.74, 6) is 1.40. The van der Waals surface area contributed by atoms with E-state index >= 15 is 0 Å². The SMILES string of the molecule is COc1cccc(-c2nc3cc(CBr)ccc3o2)c1. The van der Waals surface area contributed by atoms with Crippen molar-refractivity contribution in [2.24, 2.45) is 0 Å². The summed E-state index contributed by atoms with van der Waals surface area (Å²) >= 11 is 3.44. The van der Waals surface area contributed by atoms with Gasteiger partial charge in [-0.3, -0.25) is 0 Å². The highest BCUT2D eigenvalue weighted by Crippen LogP contribution is 2.27. The van der Waals surface area contributed by atoms with Gasteiger partial charge in [-0.05, 0) is 35.9 Å². The molecule has 1 aromatic heterocycles. The summed E-state index contributed by atoms with van der Waals surface area (Å²) in [6.07, 6.45) is 0. The van der Waals surface area contributed by atoms with Gasteiger partial charge in [-0.25, -0.2) is 4.98 Å². The maximum atomic E-state index is 5.77. The van der Waals surface area contributed by atoms with Crippen molar-refractivity contribution in [2.75, 3.05) is 7.11 Å². The zero-order chi connectivity index (χ0) is 13.2. The number of fused-ring (bicyclic) bond motifs is 1. The van der Waals surface area contributed by atoms with Gasteiger partial charge >= 0.3 is 0 Å². The van der Waals surface area contributed by atoms with Gasteiger partial charge in [0.05, 0.1) is 7.11 Å². The molecule has 0 atom stereocenters. The van der Waals surface area contributed by atoms with Crippen molar-refractivity contribution >= 4 is 27.0 Å². The molecular formula is C15H12BrNO2. The lowest BCUT2D eigenvalue weighted by Crippen LogP contribution is -1.83. The van der Waals surface area contributed by atoms with Crippen LogP contribution in [0.3, 0.4) is 0 Å². The van der Waals surface area contributed by atoms with E-state index in [0.29, 0.717) is 5.89 Å². The lowest BCUT2D eigenvalue weighted by atomic mass is 10.2. The number of rotatable bonds is 3. The first-order chi connectivity index (χ1) is 9.30. The fraction of sp³-hybridized carbons (Fsp3) is 0.133. The number of halogens is 1. The number of methoxy groups -OCH3 is 1. The molecule has 3 aromatic rings. The summed E-state index contributed by atoms with van der Waals surface area (Å²) in [6, 6.07) is 13.7. The lowest BCUT2D eigenvalue weighted by molar-refractivity contribution is 0.415. The van der Waals surface area contributed by atoms with Gasteiger partial charge in [-0.2, -0.15) is 0 Å². The Hall–Kier alpha value is -1.81. The average molecular weight is 318 g/mol. The van der Waals surface area contributed by atoms with E-state index in [9.17, 15) is 0 Å². The third-order valence-electron chi connectivity index (χ3n) is 2.92. The Morgan fingerprint density at radius 1 is 1.21 bits per heavy atom. The van der Waals surface area contributed by atoms with Crippen molar-refractivity contribution in [3.8, 4) is 17.2 Å². The molecule has 3 nitrogen and oxygen atoms in total. The van der Waals surface area contributed by atoms with E-state index in [0.717, 1.165) is 27.7 Å². The van der Waals surface area contributed by atoms with Crippen LogP contribution in [0.4, 0.5) is 0 Å². The summed E-state index contributed by atoms with van der Waals surface area (Å²) in [6.45, 7) is 0. The Bertz CT molecular complexity index is 721. The smallest absolute Gasteiger partial charge is 0.227 e. The van der Waals surface area contributed by atoms with Gasteiger partial charge in [0.25, 0.3) is 0 Å². The third-order valence-corrected chi connectivity index (χ3v) is 3.57. The largest absolute Gasteiger partial charge is 0.497 e. The van der Waals surface area contributed by atoms with E-state index in [1.807, 2.05) is 42.5 Å². The number of hydrogen-bond donors (Lipinski definition) is 0. The number of nitrogens with zero attached hydrogens (tertiary/aromatic N) is 1. The number of benzene rings is 2. The molecule has 19 heavy (non-hydrogen) atoms. The number of hydrogen-bond acceptors (Lipinski definition) is 3. The van der Waals surface area contributed by atoms with Crippen LogP contribution in [0.1, 0.15) is 5.56 Å². The van der Waals surface area contributed by atoms with Gasteiger partial charge in [-0.15, -0.1) is 0 Å². The summed E-state index contributed by atoms with van der Waals surface area (Å²) in [5, 5.41) is 0.810. The molecule has 0 aliphatic carbocycles. The molecule has 0 aliphatic rings. The van der Waals surface area contributed by atoms with Gasteiger partial charge in [0.15, 0.2) is 5.58 Å². The standard InChI is InChI=1S/C15H12BrNO2/c1-18-12-4-2-3-11(8-12)15-17-13-7-10(9-16)5-6-14(13)19-15/h2-8H,9H2,1H3. The maximum absolute atomic E-state index is 5.77. The minimum absolute atomic E-state index is 0.612. The van der Waals surface area contributed by atoms with Gasteiger partial charge in [0.1, 0.15) is 11.3 Å². The number of ether oxygens (including phenoxy) is 1. The fourth-order valence-corrected chi connectivity index (χ4v) is 2.28. The molecule has 0 aliphatic heterocycles. The van der Waals surface area contributed by atoms with E-state index in [4.69, 9.17) is 9.15 Å². The summed E-state index contributed by atoms with van der Waals surface area (Å²) < 4.78 is 11.0. The van der Waals surface area contributed by atoms with Crippen LogP contribution in [0.25, 0.3) is 22.6 Å². The van der Waals surface area contributed by atoms with Crippen LogP contribution in [0.15, 0.2) is 46.9 Å². The Kier molecular flexibility index (Phi) is 3.25. The highest BCUT2D eigenvalue weighted by Gasteiger charge is 2.09. The first-order valence-corrected chi connectivity index (χ1v) is 7.02. The van der Waals surface area contributed by atoms with Crippen molar-refractivity contribution in [1.29, 1.82) is 0 Å². The summed E-state index contributed by atoms with van der Waals surface area (Å²) in [5.41, 5.74) is 3.76. The van der Waals surface area contributed by atoms with Gasteiger partial charge in [0.2, 0.25) is 5.89 Å². The van der Waals surface area contributed by atoms with Crippen LogP contribution < -0.4 is 4.74 Å². The zero-order valence-electron chi connectivity index (χ0n) is 10.4. The first-order valence-electron chi connectivity index (χ1n) is 5.90. The predicted molar refractivity (Wildman–Crippen MR) is 78.6 cm³/mol. The molecule has 0 spiro atoms. The van der Waals surface area contributed by atoms with Gasteiger partial charge in [0, 0.05) is 10.9 Å². The molecule has 3 rings (SSSR count). The fourth-order valence-electron chi connectivity index (χ4n) is 1.94. The maximum Gasteiger partial charge on any atom is 0.227 e. The molecule has 96 valence electrons. The van der Waals surface area contributed by atoms with Crippen LogP contribution in [0, 0.1) is 0 Å². The van der Waals surface area contributed by atoms with E-state index in [2.05, 4.69) is 20.9 Å². The average Bonchev–Trinajstić information content (AvgIpc) is 2.90. The minimum atomic E-state index is 0.612. The molecule has 0 radical (unpaired) electrons. The predicted octanol–water partition coefficient (Wildman–Crippen LogP) is 4.40. The summed E-state index contributed by atoms with van der Waals surface area (Å²) in [4.78, 5) is 4.52. The monoisotopic (exact) mass is 317 g/mol. The molecule has 0 fully saturated rings. The molecule has 4 heteroatoms.